The molecule has 1 aromatic rings. The van der Waals surface area contributed by atoms with E-state index >= 15 is 0 Å². The lowest BCUT2D eigenvalue weighted by Crippen LogP contribution is -1.98. The molecule has 0 unspecified atom stereocenters. The number of carboxylic acid groups (broad SMARTS) is 1. The molecule has 2 nitrogen and oxygen atoms in total. The third kappa shape index (κ3) is 3.27. The second-order valence-corrected chi connectivity index (χ2v) is 5.16. The molecule has 1 aromatic carbocycles. The molecule has 0 atom stereocenters. The number of hydrogen-bond donors (Lipinski definition) is 1. The minimum atomic E-state index is -0.721. The van der Waals surface area contributed by atoms with Gasteiger partial charge in [-0.25, -0.2) is 0 Å². The molecule has 0 aromatic heterocycles. The number of aliphatic carboxylic acids is 1. The third-order valence-corrected chi connectivity index (χ3v) is 3.86. The molecule has 3 heteroatoms. The first-order valence-corrected chi connectivity index (χ1v) is 6.10. The smallest absolute Gasteiger partial charge is 0.303 e. The molecule has 0 radical (unpaired) electrons. The Morgan fingerprint density at radius 3 is 2.80 bits per heavy atom. The fourth-order valence-corrected chi connectivity index (χ4v) is 2.64. The van der Waals surface area contributed by atoms with Gasteiger partial charge in [0.1, 0.15) is 0 Å². The first-order chi connectivity index (χ1) is 7.25. The van der Waals surface area contributed by atoms with Crippen LogP contribution in [-0.4, -0.2) is 16.3 Å². The molecule has 1 aliphatic carbocycles. The second-order valence-electron chi connectivity index (χ2n) is 3.82. The summed E-state index contributed by atoms with van der Waals surface area (Å²) < 4.78 is 0. The van der Waals surface area contributed by atoms with E-state index in [1.807, 2.05) is 30.0 Å². The van der Waals surface area contributed by atoms with Crippen molar-refractivity contribution in [2.75, 3.05) is 0 Å². The Morgan fingerprint density at radius 2 is 2.13 bits per heavy atom. The fraction of sp³-hybridized carbons (Fsp3) is 0.417. The summed E-state index contributed by atoms with van der Waals surface area (Å²) >= 11 is 1.89. The number of rotatable bonds is 5. The van der Waals surface area contributed by atoms with Crippen LogP contribution < -0.4 is 0 Å². The Morgan fingerprint density at radius 1 is 1.40 bits per heavy atom. The summed E-state index contributed by atoms with van der Waals surface area (Å²) in [7, 11) is 0. The van der Waals surface area contributed by atoms with Crippen molar-refractivity contribution in [1.82, 2.24) is 0 Å². The molecule has 1 fully saturated rings. The van der Waals surface area contributed by atoms with Gasteiger partial charge in [-0.1, -0.05) is 18.2 Å². The molecule has 0 aliphatic heterocycles. The van der Waals surface area contributed by atoms with Gasteiger partial charge in [0.25, 0.3) is 0 Å². The van der Waals surface area contributed by atoms with Crippen LogP contribution in [-0.2, 0) is 11.2 Å². The van der Waals surface area contributed by atoms with Crippen LogP contribution in [0.5, 0.6) is 0 Å². The molecule has 0 heterocycles. The van der Waals surface area contributed by atoms with E-state index in [9.17, 15) is 4.79 Å². The quantitative estimate of drug-likeness (QED) is 0.832. The van der Waals surface area contributed by atoms with Gasteiger partial charge in [-0.2, -0.15) is 0 Å². The maximum atomic E-state index is 10.5. The standard InChI is InChI=1S/C12H14O2S/c13-12(14)8-5-9-3-1-2-4-11(9)15-10-6-7-10/h1-4,10H,5-8H2,(H,13,14). The molecular formula is C12H14O2S. The topological polar surface area (TPSA) is 37.3 Å². The number of carbonyl (C=O) groups is 1. The van der Waals surface area contributed by atoms with Crippen molar-refractivity contribution in [3.8, 4) is 0 Å². The lowest BCUT2D eigenvalue weighted by molar-refractivity contribution is -0.136. The fourth-order valence-electron chi connectivity index (χ4n) is 1.43. The Balaban J connectivity index is 2.02. The first kappa shape index (κ1) is 10.6. The molecule has 1 aliphatic rings. The summed E-state index contributed by atoms with van der Waals surface area (Å²) in [5, 5.41) is 9.43. The highest BCUT2D eigenvalue weighted by Gasteiger charge is 2.23. The zero-order valence-corrected chi connectivity index (χ0v) is 9.30. The Hall–Kier alpha value is -0.960. The SMILES string of the molecule is O=C(O)CCc1ccccc1SC1CC1. The van der Waals surface area contributed by atoms with E-state index in [1.54, 1.807) is 0 Å². The van der Waals surface area contributed by atoms with Crippen LogP contribution in [0.1, 0.15) is 24.8 Å². The highest BCUT2D eigenvalue weighted by molar-refractivity contribution is 8.00. The van der Waals surface area contributed by atoms with E-state index in [0.717, 1.165) is 5.25 Å². The van der Waals surface area contributed by atoms with Crippen molar-refractivity contribution in [3.05, 3.63) is 29.8 Å². The van der Waals surface area contributed by atoms with E-state index in [1.165, 1.54) is 23.3 Å². The molecule has 80 valence electrons. The maximum Gasteiger partial charge on any atom is 0.303 e. The van der Waals surface area contributed by atoms with Crippen LogP contribution in [0.3, 0.4) is 0 Å². The van der Waals surface area contributed by atoms with Crippen molar-refractivity contribution >= 4 is 17.7 Å². The maximum absolute atomic E-state index is 10.5. The Kier molecular flexibility index (Phi) is 3.31. The van der Waals surface area contributed by atoms with Crippen LogP contribution in [0.25, 0.3) is 0 Å². The molecule has 2 rings (SSSR count). The predicted molar refractivity (Wildman–Crippen MR) is 61.3 cm³/mol. The minimum absolute atomic E-state index is 0.224. The normalized spacial score (nSPS) is 15.2. The van der Waals surface area contributed by atoms with Crippen LogP contribution in [0.15, 0.2) is 29.2 Å². The summed E-state index contributed by atoms with van der Waals surface area (Å²) in [6.45, 7) is 0. The highest BCUT2D eigenvalue weighted by Crippen LogP contribution is 2.40. The molecule has 0 spiro atoms. The molecule has 0 bridgehead atoms. The zero-order valence-electron chi connectivity index (χ0n) is 8.48. The Labute approximate surface area is 93.7 Å². The number of thioether (sulfide) groups is 1. The van der Waals surface area contributed by atoms with E-state index in [4.69, 9.17) is 5.11 Å². The van der Waals surface area contributed by atoms with Gasteiger partial charge in [0.2, 0.25) is 0 Å². The lowest BCUT2D eigenvalue weighted by Gasteiger charge is -2.06. The van der Waals surface area contributed by atoms with E-state index in [2.05, 4.69) is 6.07 Å². The van der Waals surface area contributed by atoms with E-state index in [-0.39, 0.29) is 6.42 Å². The van der Waals surface area contributed by atoms with Crippen molar-refractivity contribution in [2.45, 2.75) is 35.8 Å². The summed E-state index contributed by atoms with van der Waals surface area (Å²) in [6, 6.07) is 8.14. The molecular weight excluding hydrogens is 208 g/mol. The van der Waals surface area contributed by atoms with Gasteiger partial charge in [-0.05, 0) is 30.9 Å². The van der Waals surface area contributed by atoms with E-state index < -0.39 is 5.97 Å². The number of hydrogen-bond acceptors (Lipinski definition) is 2. The van der Waals surface area contributed by atoms with Crippen molar-refractivity contribution in [2.24, 2.45) is 0 Å². The van der Waals surface area contributed by atoms with Gasteiger partial charge in [0.15, 0.2) is 0 Å². The summed E-state index contributed by atoms with van der Waals surface area (Å²) in [5.74, 6) is -0.721. The molecule has 1 N–H and O–H groups in total. The average molecular weight is 222 g/mol. The van der Waals surface area contributed by atoms with Crippen molar-refractivity contribution in [1.29, 1.82) is 0 Å². The van der Waals surface area contributed by atoms with E-state index in [0.29, 0.717) is 6.42 Å². The first-order valence-electron chi connectivity index (χ1n) is 5.22. The number of benzene rings is 1. The summed E-state index contributed by atoms with van der Waals surface area (Å²) in [4.78, 5) is 11.8. The largest absolute Gasteiger partial charge is 0.481 e. The number of carboxylic acids is 1. The Bertz CT molecular complexity index is 358. The molecule has 0 amide bonds. The monoisotopic (exact) mass is 222 g/mol. The van der Waals surface area contributed by atoms with Gasteiger partial charge < -0.3 is 5.11 Å². The van der Waals surface area contributed by atoms with Gasteiger partial charge in [-0.3, -0.25) is 4.79 Å². The summed E-state index contributed by atoms with van der Waals surface area (Å²) in [5.41, 5.74) is 1.18. The summed E-state index contributed by atoms with van der Waals surface area (Å²) in [6.07, 6.45) is 3.48. The van der Waals surface area contributed by atoms with Crippen LogP contribution in [0.4, 0.5) is 0 Å². The van der Waals surface area contributed by atoms with Crippen LogP contribution in [0, 0.1) is 0 Å². The van der Waals surface area contributed by atoms with Crippen molar-refractivity contribution < 1.29 is 9.90 Å². The number of aryl methyl sites for hydroxylation is 1. The highest BCUT2D eigenvalue weighted by atomic mass is 32.2. The van der Waals surface area contributed by atoms with Gasteiger partial charge in [0, 0.05) is 16.6 Å². The van der Waals surface area contributed by atoms with Crippen LogP contribution >= 0.6 is 11.8 Å². The van der Waals surface area contributed by atoms with Gasteiger partial charge >= 0.3 is 5.97 Å². The van der Waals surface area contributed by atoms with Crippen molar-refractivity contribution in [3.63, 3.8) is 0 Å². The second kappa shape index (κ2) is 4.71. The van der Waals surface area contributed by atoms with Crippen LogP contribution in [0.2, 0.25) is 0 Å². The molecule has 0 saturated heterocycles. The average Bonchev–Trinajstić information content (AvgIpc) is 3.00. The molecule has 1 saturated carbocycles. The predicted octanol–water partition coefficient (Wildman–Crippen LogP) is 2.96. The zero-order chi connectivity index (χ0) is 10.7. The molecule has 15 heavy (non-hydrogen) atoms. The van der Waals surface area contributed by atoms with Gasteiger partial charge in [0.05, 0.1) is 0 Å². The lowest BCUT2D eigenvalue weighted by atomic mass is 10.1. The van der Waals surface area contributed by atoms with Gasteiger partial charge in [-0.15, -0.1) is 11.8 Å². The third-order valence-electron chi connectivity index (χ3n) is 2.40. The minimum Gasteiger partial charge on any atom is -0.481 e.